The van der Waals surface area contributed by atoms with Crippen molar-refractivity contribution in [1.82, 2.24) is 0 Å². The molecule has 0 aliphatic carbocycles. The summed E-state index contributed by atoms with van der Waals surface area (Å²) in [5.41, 5.74) is 0.602. The number of carbonyl (C=O) groups excluding carboxylic acids is 2. The number of ether oxygens (including phenoxy) is 2. The minimum Gasteiger partial charge on any atom is -0.494 e. The van der Waals surface area contributed by atoms with Crippen molar-refractivity contribution in [3.63, 3.8) is 0 Å². The Morgan fingerprint density at radius 3 is 2.15 bits per heavy atom. The van der Waals surface area contributed by atoms with Crippen molar-refractivity contribution in [3.05, 3.63) is 36.3 Å². The molecule has 2 amide bonds. The van der Waals surface area contributed by atoms with Gasteiger partial charge in [0.1, 0.15) is 11.5 Å². The number of benzene rings is 1. The van der Waals surface area contributed by atoms with Crippen molar-refractivity contribution in [2.24, 2.45) is 0 Å². The summed E-state index contributed by atoms with van der Waals surface area (Å²) in [5.74, 6) is -1.37. The van der Waals surface area contributed by atoms with Crippen molar-refractivity contribution in [3.8, 4) is 11.5 Å². The summed E-state index contributed by atoms with van der Waals surface area (Å²) in [6.45, 7) is 0. The molecule has 0 radical (unpaired) electrons. The maximum Gasteiger partial charge on any atom is 0.303 e. The second kappa shape index (κ2) is 8.56. The number of hydrogen-bond acceptors (Lipinski definition) is 6. The molecule has 2 aromatic rings. The van der Waals surface area contributed by atoms with Gasteiger partial charge in [0, 0.05) is 18.6 Å². The maximum atomic E-state index is 12.1. The lowest BCUT2D eigenvalue weighted by molar-refractivity contribution is -0.138. The van der Waals surface area contributed by atoms with Gasteiger partial charge in [-0.25, -0.2) is 0 Å². The molecule has 9 nitrogen and oxygen atoms in total. The Morgan fingerprint density at radius 1 is 1.04 bits per heavy atom. The van der Waals surface area contributed by atoms with E-state index in [1.807, 2.05) is 0 Å². The zero-order chi connectivity index (χ0) is 19.1. The van der Waals surface area contributed by atoms with Gasteiger partial charge in [-0.3, -0.25) is 14.4 Å². The Hall–Kier alpha value is -3.49. The van der Waals surface area contributed by atoms with E-state index in [0.717, 1.165) is 0 Å². The van der Waals surface area contributed by atoms with E-state index in [9.17, 15) is 14.4 Å². The number of aliphatic carboxylic acids is 1. The van der Waals surface area contributed by atoms with Crippen LogP contribution in [0.15, 0.2) is 34.9 Å². The molecule has 0 unspecified atom stereocenters. The second-order valence-corrected chi connectivity index (χ2v) is 5.13. The van der Waals surface area contributed by atoms with E-state index in [0.29, 0.717) is 5.69 Å². The van der Waals surface area contributed by atoms with Crippen LogP contribution in [0.1, 0.15) is 23.4 Å². The number of amides is 2. The molecule has 138 valence electrons. The number of anilines is 2. The third-order valence-corrected chi connectivity index (χ3v) is 3.35. The van der Waals surface area contributed by atoms with Crippen molar-refractivity contribution in [1.29, 1.82) is 0 Å². The van der Waals surface area contributed by atoms with Crippen LogP contribution < -0.4 is 20.1 Å². The standard InChI is InChI=1S/C17H18N2O7/c1-24-13-9-11(19-17(23)12-4-3-7-26-12)14(25-2)8-10(13)18-15(20)5-6-16(21)22/h3-4,7-9H,5-6H2,1-2H3,(H,18,20)(H,19,23)(H,21,22). The number of furan rings is 1. The van der Waals surface area contributed by atoms with Gasteiger partial charge in [0.15, 0.2) is 5.76 Å². The first-order valence-electron chi connectivity index (χ1n) is 7.57. The number of carbonyl (C=O) groups is 3. The van der Waals surface area contributed by atoms with E-state index in [4.69, 9.17) is 19.0 Å². The van der Waals surface area contributed by atoms with E-state index >= 15 is 0 Å². The number of hydrogen-bond donors (Lipinski definition) is 3. The minimum absolute atomic E-state index is 0.122. The van der Waals surface area contributed by atoms with Gasteiger partial charge in [-0.05, 0) is 12.1 Å². The van der Waals surface area contributed by atoms with Gasteiger partial charge in [0.25, 0.3) is 5.91 Å². The SMILES string of the molecule is COc1cc(NC(=O)c2ccco2)c(OC)cc1NC(=O)CCC(=O)O. The Bertz CT molecular complexity index is 800. The topological polar surface area (TPSA) is 127 Å². The average Bonchev–Trinajstić information content (AvgIpc) is 3.15. The lowest BCUT2D eigenvalue weighted by Gasteiger charge is -2.15. The van der Waals surface area contributed by atoms with Gasteiger partial charge in [-0.1, -0.05) is 0 Å². The summed E-state index contributed by atoms with van der Waals surface area (Å²) in [7, 11) is 2.80. The molecule has 0 aliphatic rings. The monoisotopic (exact) mass is 362 g/mol. The van der Waals surface area contributed by atoms with E-state index in [-0.39, 0.29) is 35.8 Å². The largest absolute Gasteiger partial charge is 0.494 e. The van der Waals surface area contributed by atoms with Crippen LogP contribution in [0.2, 0.25) is 0 Å². The van der Waals surface area contributed by atoms with Crippen molar-refractivity contribution in [2.45, 2.75) is 12.8 Å². The highest BCUT2D eigenvalue weighted by molar-refractivity contribution is 6.04. The van der Waals surface area contributed by atoms with Gasteiger partial charge in [-0.15, -0.1) is 0 Å². The van der Waals surface area contributed by atoms with Crippen LogP contribution in [-0.2, 0) is 9.59 Å². The molecule has 1 aromatic carbocycles. The third kappa shape index (κ3) is 4.76. The molecule has 3 N–H and O–H groups in total. The molecule has 9 heteroatoms. The van der Waals surface area contributed by atoms with Gasteiger partial charge < -0.3 is 29.6 Å². The van der Waals surface area contributed by atoms with Crippen LogP contribution in [0.3, 0.4) is 0 Å². The van der Waals surface area contributed by atoms with Crippen LogP contribution >= 0.6 is 0 Å². The van der Waals surface area contributed by atoms with Crippen LogP contribution in [0.4, 0.5) is 11.4 Å². The van der Waals surface area contributed by atoms with Crippen LogP contribution in [0.25, 0.3) is 0 Å². The van der Waals surface area contributed by atoms with Crippen LogP contribution in [0.5, 0.6) is 11.5 Å². The predicted molar refractivity (Wildman–Crippen MR) is 91.7 cm³/mol. The molecule has 0 bridgehead atoms. The van der Waals surface area contributed by atoms with E-state index < -0.39 is 17.8 Å². The van der Waals surface area contributed by atoms with Crippen LogP contribution in [0, 0.1) is 0 Å². The quantitative estimate of drug-likeness (QED) is 0.658. The first-order valence-corrected chi connectivity index (χ1v) is 7.57. The van der Waals surface area contributed by atoms with Crippen molar-refractivity contribution >= 4 is 29.2 Å². The van der Waals surface area contributed by atoms with Gasteiger partial charge in [0.05, 0.1) is 38.3 Å². The average molecular weight is 362 g/mol. The number of rotatable bonds is 8. The summed E-state index contributed by atoms with van der Waals surface area (Å²) in [5, 5.41) is 13.8. The predicted octanol–water partition coefficient (Wildman–Crippen LogP) is 2.35. The number of methoxy groups -OCH3 is 2. The lowest BCUT2D eigenvalue weighted by atomic mass is 10.2. The summed E-state index contributed by atoms with van der Waals surface area (Å²) in [6, 6.07) is 6.04. The highest BCUT2D eigenvalue weighted by Gasteiger charge is 2.17. The van der Waals surface area contributed by atoms with Crippen LogP contribution in [-0.4, -0.2) is 37.1 Å². The Morgan fingerprint density at radius 2 is 1.65 bits per heavy atom. The molecule has 0 saturated carbocycles. The molecule has 1 heterocycles. The third-order valence-electron chi connectivity index (χ3n) is 3.35. The zero-order valence-corrected chi connectivity index (χ0v) is 14.2. The highest BCUT2D eigenvalue weighted by atomic mass is 16.5. The number of carboxylic acids is 1. The molecule has 2 rings (SSSR count). The second-order valence-electron chi connectivity index (χ2n) is 5.13. The fourth-order valence-electron chi connectivity index (χ4n) is 2.12. The van der Waals surface area contributed by atoms with Gasteiger partial charge in [0.2, 0.25) is 5.91 Å². The highest BCUT2D eigenvalue weighted by Crippen LogP contribution is 2.36. The first-order chi connectivity index (χ1) is 12.4. The number of carboxylic acid groups (broad SMARTS) is 1. The molecule has 26 heavy (non-hydrogen) atoms. The van der Waals surface area contributed by atoms with E-state index in [2.05, 4.69) is 10.6 Å². The van der Waals surface area contributed by atoms with Crippen molar-refractivity contribution < 1.29 is 33.4 Å². The minimum atomic E-state index is -1.07. The van der Waals surface area contributed by atoms with E-state index in [1.54, 1.807) is 6.07 Å². The molecule has 0 aliphatic heterocycles. The van der Waals surface area contributed by atoms with Gasteiger partial charge in [-0.2, -0.15) is 0 Å². The Balaban J connectivity index is 2.22. The maximum absolute atomic E-state index is 12.1. The normalized spacial score (nSPS) is 10.1. The van der Waals surface area contributed by atoms with E-state index in [1.165, 1.54) is 38.7 Å². The summed E-state index contributed by atoms with van der Waals surface area (Å²) in [4.78, 5) is 34.5. The Labute approximate surface area is 148 Å². The lowest BCUT2D eigenvalue weighted by Crippen LogP contribution is -2.15. The molecule has 1 aromatic heterocycles. The summed E-state index contributed by atoms with van der Waals surface area (Å²) >= 11 is 0. The number of nitrogens with one attached hydrogen (secondary N) is 2. The molecule has 0 saturated heterocycles. The van der Waals surface area contributed by atoms with Gasteiger partial charge >= 0.3 is 5.97 Å². The molecule has 0 spiro atoms. The molecule has 0 fully saturated rings. The fraction of sp³-hybridized carbons (Fsp3) is 0.235. The first kappa shape index (κ1) is 18.8. The van der Waals surface area contributed by atoms with Crippen molar-refractivity contribution in [2.75, 3.05) is 24.9 Å². The molecular weight excluding hydrogens is 344 g/mol. The summed E-state index contributed by atoms with van der Waals surface area (Å²) < 4.78 is 15.5. The zero-order valence-electron chi connectivity index (χ0n) is 14.2. The Kier molecular flexibility index (Phi) is 6.20. The smallest absolute Gasteiger partial charge is 0.303 e. The molecular formula is C17H18N2O7. The molecule has 0 atom stereocenters. The summed E-state index contributed by atoms with van der Waals surface area (Å²) in [6.07, 6.45) is 0.906. The fourth-order valence-corrected chi connectivity index (χ4v) is 2.12.